The molecule has 152 valence electrons. The summed E-state index contributed by atoms with van der Waals surface area (Å²) in [4.78, 5) is 51.8. The second kappa shape index (κ2) is 7.99. The van der Waals surface area contributed by atoms with E-state index >= 15 is 0 Å². The van der Waals surface area contributed by atoms with Crippen LogP contribution in [0.25, 0.3) is 0 Å². The molecule has 3 heterocycles. The molecule has 0 saturated carbocycles. The van der Waals surface area contributed by atoms with Crippen molar-refractivity contribution in [2.75, 3.05) is 13.1 Å². The molecule has 1 atom stereocenters. The predicted octanol–water partition coefficient (Wildman–Crippen LogP) is -0.191. The van der Waals surface area contributed by atoms with E-state index < -0.39 is 11.2 Å². The number of H-pyrrole nitrogens is 1. The largest absolute Gasteiger partial charge is 0.345 e. The number of hydrogen-bond donors (Lipinski definition) is 1. The molecule has 2 aromatic rings. The molecule has 1 unspecified atom stereocenters. The number of nitrogens with zero attached hydrogens (tertiary/aromatic N) is 5. The van der Waals surface area contributed by atoms with E-state index in [4.69, 9.17) is 0 Å². The van der Waals surface area contributed by atoms with Crippen LogP contribution < -0.4 is 16.9 Å². The number of piperidine rings is 1. The zero-order valence-electron chi connectivity index (χ0n) is 16.4. The van der Waals surface area contributed by atoms with Gasteiger partial charge in [-0.3, -0.25) is 19.1 Å². The van der Waals surface area contributed by atoms with E-state index in [0.29, 0.717) is 13.1 Å². The third-order valence-corrected chi connectivity index (χ3v) is 5.10. The van der Waals surface area contributed by atoms with E-state index in [1.165, 1.54) is 21.5 Å². The molecule has 1 fully saturated rings. The Hall–Kier alpha value is -2.91. The third-order valence-electron chi connectivity index (χ3n) is 5.10. The maximum Gasteiger partial charge on any atom is 0.345 e. The lowest BCUT2D eigenvalue weighted by Crippen LogP contribution is -2.41. The molecule has 1 N–H and O–H groups in total. The smallest absolute Gasteiger partial charge is 0.342 e. The van der Waals surface area contributed by atoms with Gasteiger partial charge in [0.2, 0.25) is 5.91 Å². The van der Waals surface area contributed by atoms with Crippen molar-refractivity contribution in [2.45, 2.75) is 51.6 Å². The molecule has 28 heavy (non-hydrogen) atoms. The first kappa shape index (κ1) is 19.8. The van der Waals surface area contributed by atoms with E-state index in [0.717, 1.165) is 18.7 Å². The van der Waals surface area contributed by atoms with Crippen LogP contribution in [0.2, 0.25) is 0 Å². The Balaban J connectivity index is 1.70. The van der Waals surface area contributed by atoms with Crippen LogP contribution >= 0.6 is 0 Å². The number of aromatic nitrogens is 5. The number of aryl methyl sites for hydroxylation is 2. The van der Waals surface area contributed by atoms with Crippen molar-refractivity contribution < 1.29 is 4.79 Å². The average Bonchev–Trinajstić information content (AvgIpc) is 2.96. The van der Waals surface area contributed by atoms with Crippen LogP contribution in [0.3, 0.4) is 0 Å². The second-order valence-electron chi connectivity index (χ2n) is 7.46. The molecule has 0 aromatic carbocycles. The van der Waals surface area contributed by atoms with Gasteiger partial charge in [-0.15, -0.1) is 0 Å². The summed E-state index contributed by atoms with van der Waals surface area (Å²) in [5, 5.41) is 4.41. The molecule has 0 spiro atoms. The first-order valence-corrected chi connectivity index (χ1v) is 9.51. The highest BCUT2D eigenvalue weighted by atomic mass is 16.2. The van der Waals surface area contributed by atoms with Crippen LogP contribution in [0.4, 0.5) is 0 Å². The maximum atomic E-state index is 12.7. The normalized spacial score (nSPS) is 17.3. The number of aromatic amines is 1. The summed E-state index contributed by atoms with van der Waals surface area (Å²) >= 11 is 0. The number of rotatable bonds is 5. The summed E-state index contributed by atoms with van der Waals surface area (Å²) in [6, 6.07) is 1.25. The average molecular weight is 390 g/mol. The number of amides is 1. The molecule has 1 aliphatic rings. The van der Waals surface area contributed by atoms with Crippen LogP contribution in [0.15, 0.2) is 26.6 Å². The minimum Gasteiger partial charge on any atom is -0.342 e. The lowest BCUT2D eigenvalue weighted by Gasteiger charge is -2.32. The Morgan fingerprint density at radius 3 is 2.75 bits per heavy atom. The molecular weight excluding hydrogens is 364 g/mol. The predicted molar refractivity (Wildman–Crippen MR) is 102 cm³/mol. The molecular formula is C18H26N6O4. The van der Waals surface area contributed by atoms with Crippen molar-refractivity contribution in [3.8, 4) is 0 Å². The topological polar surface area (TPSA) is 115 Å². The van der Waals surface area contributed by atoms with Gasteiger partial charge in [-0.05, 0) is 26.7 Å². The summed E-state index contributed by atoms with van der Waals surface area (Å²) in [5.74, 6) is 0.666. The fourth-order valence-corrected chi connectivity index (χ4v) is 3.67. The van der Waals surface area contributed by atoms with Gasteiger partial charge in [0.1, 0.15) is 5.82 Å². The van der Waals surface area contributed by atoms with Crippen LogP contribution in [0.1, 0.15) is 50.9 Å². The van der Waals surface area contributed by atoms with Gasteiger partial charge in [0.25, 0.3) is 5.56 Å². The van der Waals surface area contributed by atoms with E-state index in [9.17, 15) is 19.2 Å². The van der Waals surface area contributed by atoms with Crippen molar-refractivity contribution in [1.82, 2.24) is 28.8 Å². The lowest BCUT2D eigenvalue weighted by molar-refractivity contribution is -0.132. The van der Waals surface area contributed by atoms with Gasteiger partial charge in [-0.1, -0.05) is 0 Å². The Bertz CT molecular complexity index is 1030. The van der Waals surface area contributed by atoms with Gasteiger partial charge >= 0.3 is 11.4 Å². The third kappa shape index (κ3) is 4.00. The van der Waals surface area contributed by atoms with E-state index in [1.807, 2.05) is 13.8 Å². The SMILES string of the molecule is CC(C)n1c(C2CCCN(C(=O)CCn3ccc(=O)[nH]c3=O)C2)nn(C)c1=O. The molecule has 0 radical (unpaired) electrons. The van der Waals surface area contributed by atoms with E-state index in [1.54, 1.807) is 16.5 Å². The first-order valence-electron chi connectivity index (χ1n) is 9.51. The fraction of sp³-hybridized carbons (Fsp3) is 0.611. The number of hydrogen-bond acceptors (Lipinski definition) is 5. The Labute approximate surface area is 161 Å². The quantitative estimate of drug-likeness (QED) is 0.760. The van der Waals surface area contributed by atoms with E-state index in [2.05, 4.69) is 10.1 Å². The molecule has 3 rings (SSSR count). The Morgan fingerprint density at radius 2 is 2.07 bits per heavy atom. The van der Waals surface area contributed by atoms with Crippen LogP contribution in [0, 0.1) is 0 Å². The van der Waals surface area contributed by atoms with Gasteiger partial charge in [0.15, 0.2) is 0 Å². The standard InChI is InChI=1S/C18H26N6O4/c1-12(2)24-16(20-21(3)18(24)28)13-5-4-8-23(11-13)15(26)7-10-22-9-6-14(25)19-17(22)27/h6,9,12-13H,4-5,7-8,10-11H2,1-3H3,(H,19,25,27). The van der Waals surface area contributed by atoms with Crippen LogP contribution in [-0.4, -0.2) is 47.8 Å². The van der Waals surface area contributed by atoms with E-state index in [-0.39, 0.29) is 36.5 Å². The fourth-order valence-electron chi connectivity index (χ4n) is 3.67. The molecule has 0 aliphatic carbocycles. The van der Waals surface area contributed by atoms with Crippen molar-refractivity contribution in [3.63, 3.8) is 0 Å². The number of carbonyl (C=O) groups excluding carboxylic acids is 1. The van der Waals surface area contributed by atoms with Gasteiger partial charge in [-0.2, -0.15) is 5.10 Å². The van der Waals surface area contributed by atoms with Gasteiger partial charge in [-0.25, -0.2) is 14.3 Å². The minimum absolute atomic E-state index is 0.00445. The molecule has 1 saturated heterocycles. The summed E-state index contributed by atoms with van der Waals surface area (Å²) < 4.78 is 4.35. The summed E-state index contributed by atoms with van der Waals surface area (Å²) in [7, 11) is 1.64. The molecule has 1 amide bonds. The molecule has 10 heteroatoms. The molecule has 0 bridgehead atoms. The first-order chi connectivity index (χ1) is 13.3. The molecule has 10 nitrogen and oxygen atoms in total. The van der Waals surface area contributed by atoms with Crippen LogP contribution in [-0.2, 0) is 18.4 Å². The highest BCUT2D eigenvalue weighted by Crippen LogP contribution is 2.26. The highest BCUT2D eigenvalue weighted by molar-refractivity contribution is 5.76. The Kier molecular flexibility index (Phi) is 5.66. The minimum atomic E-state index is -0.522. The van der Waals surface area contributed by atoms with Crippen LogP contribution in [0.5, 0.6) is 0 Å². The zero-order chi connectivity index (χ0) is 20.4. The van der Waals surface area contributed by atoms with Crippen molar-refractivity contribution in [1.29, 1.82) is 0 Å². The summed E-state index contributed by atoms with van der Waals surface area (Å²) in [5.41, 5.74) is -1.13. The monoisotopic (exact) mass is 390 g/mol. The summed E-state index contributed by atoms with van der Waals surface area (Å²) in [6.07, 6.45) is 3.25. The van der Waals surface area contributed by atoms with Crippen molar-refractivity contribution >= 4 is 5.91 Å². The maximum absolute atomic E-state index is 12.7. The van der Waals surface area contributed by atoms with Gasteiger partial charge in [0.05, 0.1) is 0 Å². The number of likely N-dealkylation sites (tertiary alicyclic amines) is 1. The van der Waals surface area contributed by atoms with Crippen molar-refractivity contribution in [3.05, 3.63) is 49.4 Å². The number of nitrogens with one attached hydrogen (secondary N) is 1. The Morgan fingerprint density at radius 1 is 1.32 bits per heavy atom. The van der Waals surface area contributed by atoms with Gasteiger partial charge in [0, 0.05) is 57.3 Å². The lowest BCUT2D eigenvalue weighted by atomic mass is 9.96. The number of carbonyl (C=O) groups is 1. The molecule has 1 aliphatic heterocycles. The summed E-state index contributed by atoms with van der Waals surface area (Å²) in [6.45, 7) is 5.24. The highest BCUT2D eigenvalue weighted by Gasteiger charge is 2.29. The molecule has 2 aromatic heterocycles. The second-order valence-corrected chi connectivity index (χ2v) is 7.46. The van der Waals surface area contributed by atoms with Gasteiger partial charge < -0.3 is 9.47 Å². The zero-order valence-corrected chi connectivity index (χ0v) is 16.4. The van der Waals surface area contributed by atoms with Crippen molar-refractivity contribution in [2.24, 2.45) is 7.05 Å².